The SMILES string of the molecule is CC(C)C(NC(=O)Nc1ccccc1)C(=O)Nc1ccc2c(c1)NC(=O)CO2. The molecule has 0 aliphatic carbocycles. The van der Waals surface area contributed by atoms with Crippen molar-refractivity contribution in [3.05, 3.63) is 48.5 Å². The third-order valence-corrected chi connectivity index (χ3v) is 4.15. The second-order valence-corrected chi connectivity index (χ2v) is 6.72. The fraction of sp³-hybridized carbons (Fsp3) is 0.250. The zero-order chi connectivity index (χ0) is 20.1. The number of ether oxygens (including phenoxy) is 1. The van der Waals surface area contributed by atoms with Gasteiger partial charge in [0.1, 0.15) is 11.8 Å². The minimum Gasteiger partial charge on any atom is -0.482 e. The van der Waals surface area contributed by atoms with Gasteiger partial charge in [-0.05, 0) is 36.2 Å². The van der Waals surface area contributed by atoms with Crippen molar-refractivity contribution in [2.75, 3.05) is 22.6 Å². The Morgan fingerprint density at radius 3 is 2.50 bits per heavy atom. The Hall–Kier alpha value is -3.55. The van der Waals surface area contributed by atoms with Crippen molar-refractivity contribution >= 4 is 34.9 Å². The number of rotatable bonds is 5. The Balaban J connectivity index is 1.65. The van der Waals surface area contributed by atoms with Crippen molar-refractivity contribution in [2.45, 2.75) is 19.9 Å². The number of para-hydroxylation sites is 1. The molecule has 2 aromatic rings. The molecule has 1 unspecified atom stereocenters. The topological polar surface area (TPSA) is 109 Å². The largest absolute Gasteiger partial charge is 0.482 e. The Morgan fingerprint density at radius 1 is 1.04 bits per heavy atom. The number of hydrogen-bond acceptors (Lipinski definition) is 4. The van der Waals surface area contributed by atoms with E-state index in [0.717, 1.165) is 0 Å². The third kappa shape index (κ3) is 4.79. The summed E-state index contributed by atoms with van der Waals surface area (Å²) in [6.45, 7) is 3.65. The fourth-order valence-corrected chi connectivity index (χ4v) is 2.75. The molecular formula is C20H22N4O4. The molecule has 8 heteroatoms. The summed E-state index contributed by atoms with van der Waals surface area (Å²) < 4.78 is 5.30. The van der Waals surface area contributed by atoms with Gasteiger partial charge in [-0.1, -0.05) is 32.0 Å². The van der Waals surface area contributed by atoms with Gasteiger partial charge in [0, 0.05) is 11.4 Å². The van der Waals surface area contributed by atoms with Gasteiger partial charge in [-0.15, -0.1) is 0 Å². The van der Waals surface area contributed by atoms with Crippen molar-refractivity contribution < 1.29 is 19.1 Å². The first-order chi connectivity index (χ1) is 13.4. The highest BCUT2D eigenvalue weighted by Gasteiger charge is 2.25. The van der Waals surface area contributed by atoms with Gasteiger partial charge < -0.3 is 26.0 Å². The molecule has 0 bridgehead atoms. The maximum absolute atomic E-state index is 12.7. The summed E-state index contributed by atoms with van der Waals surface area (Å²) in [6, 6.07) is 12.7. The van der Waals surface area contributed by atoms with Crippen molar-refractivity contribution in [2.24, 2.45) is 5.92 Å². The maximum atomic E-state index is 12.7. The molecule has 4 N–H and O–H groups in total. The highest BCUT2D eigenvalue weighted by Crippen LogP contribution is 2.30. The molecule has 1 atom stereocenters. The molecule has 0 saturated heterocycles. The van der Waals surface area contributed by atoms with Crippen LogP contribution < -0.4 is 26.0 Å². The lowest BCUT2D eigenvalue weighted by atomic mass is 10.0. The molecule has 3 rings (SSSR count). The number of carbonyl (C=O) groups is 3. The molecule has 0 radical (unpaired) electrons. The minimum atomic E-state index is -0.745. The van der Waals surface area contributed by atoms with Gasteiger partial charge in [0.25, 0.3) is 5.91 Å². The third-order valence-electron chi connectivity index (χ3n) is 4.15. The number of fused-ring (bicyclic) bond motifs is 1. The normalized spacial score (nSPS) is 13.6. The lowest BCUT2D eigenvalue weighted by molar-refractivity contribution is -0.119. The lowest BCUT2D eigenvalue weighted by Crippen LogP contribution is -2.48. The van der Waals surface area contributed by atoms with E-state index in [1.165, 1.54) is 0 Å². The van der Waals surface area contributed by atoms with Crippen LogP contribution in [0.15, 0.2) is 48.5 Å². The summed E-state index contributed by atoms with van der Waals surface area (Å²) in [7, 11) is 0. The van der Waals surface area contributed by atoms with Crippen LogP contribution in [0.4, 0.5) is 21.9 Å². The van der Waals surface area contributed by atoms with Crippen molar-refractivity contribution in [3.8, 4) is 5.75 Å². The number of hydrogen-bond donors (Lipinski definition) is 4. The quantitative estimate of drug-likeness (QED) is 0.638. The number of nitrogens with one attached hydrogen (secondary N) is 4. The second kappa shape index (κ2) is 8.43. The molecule has 1 aliphatic rings. The van der Waals surface area contributed by atoms with Crippen LogP contribution in [-0.2, 0) is 9.59 Å². The molecule has 2 aromatic carbocycles. The molecule has 4 amide bonds. The molecule has 8 nitrogen and oxygen atoms in total. The van der Waals surface area contributed by atoms with Gasteiger partial charge in [0.2, 0.25) is 5.91 Å². The van der Waals surface area contributed by atoms with Crippen LogP contribution in [0, 0.1) is 5.92 Å². The van der Waals surface area contributed by atoms with Crippen molar-refractivity contribution in [1.29, 1.82) is 0 Å². The predicted molar refractivity (Wildman–Crippen MR) is 106 cm³/mol. The lowest BCUT2D eigenvalue weighted by Gasteiger charge is -2.23. The monoisotopic (exact) mass is 382 g/mol. The second-order valence-electron chi connectivity index (χ2n) is 6.72. The van der Waals surface area contributed by atoms with Crippen LogP contribution >= 0.6 is 0 Å². The summed E-state index contributed by atoms with van der Waals surface area (Å²) in [5.74, 6) is -0.211. The zero-order valence-corrected chi connectivity index (χ0v) is 15.6. The molecule has 28 heavy (non-hydrogen) atoms. The van der Waals surface area contributed by atoms with E-state index in [4.69, 9.17) is 4.74 Å². The zero-order valence-electron chi connectivity index (χ0n) is 15.6. The molecule has 1 aliphatic heterocycles. The molecule has 146 valence electrons. The van der Waals surface area contributed by atoms with E-state index in [1.807, 2.05) is 19.9 Å². The van der Waals surface area contributed by atoms with E-state index >= 15 is 0 Å². The summed E-state index contributed by atoms with van der Waals surface area (Å²) >= 11 is 0. The van der Waals surface area contributed by atoms with Crippen molar-refractivity contribution in [3.63, 3.8) is 0 Å². The fourth-order valence-electron chi connectivity index (χ4n) is 2.75. The van der Waals surface area contributed by atoms with Gasteiger partial charge in [-0.25, -0.2) is 4.79 Å². The van der Waals surface area contributed by atoms with Crippen LogP contribution in [0.1, 0.15) is 13.8 Å². The van der Waals surface area contributed by atoms with Gasteiger partial charge in [0.15, 0.2) is 6.61 Å². The van der Waals surface area contributed by atoms with Crippen LogP contribution in [0.5, 0.6) is 5.75 Å². The smallest absolute Gasteiger partial charge is 0.319 e. The number of carbonyl (C=O) groups excluding carboxylic acids is 3. The molecule has 1 heterocycles. The molecular weight excluding hydrogens is 360 g/mol. The standard InChI is InChI=1S/C20H22N4O4/c1-12(2)18(24-20(27)22-13-6-4-3-5-7-13)19(26)21-14-8-9-16-15(10-14)23-17(25)11-28-16/h3-10,12,18H,11H2,1-2H3,(H,21,26)(H,23,25)(H2,22,24,27). The van der Waals surface area contributed by atoms with Crippen molar-refractivity contribution in [1.82, 2.24) is 5.32 Å². The molecule has 0 aromatic heterocycles. The number of benzene rings is 2. The number of urea groups is 1. The van der Waals surface area contributed by atoms with Gasteiger partial charge >= 0.3 is 6.03 Å². The van der Waals surface area contributed by atoms with Gasteiger partial charge in [0.05, 0.1) is 5.69 Å². The summed E-state index contributed by atoms with van der Waals surface area (Å²) in [4.78, 5) is 36.4. The Labute approximate surface area is 162 Å². The number of anilines is 3. The van der Waals surface area contributed by atoms with Crippen LogP contribution in [-0.4, -0.2) is 30.5 Å². The van der Waals surface area contributed by atoms with E-state index in [0.29, 0.717) is 22.8 Å². The van der Waals surface area contributed by atoms with E-state index in [2.05, 4.69) is 21.3 Å². The average molecular weight is 382 g/mol. The first-order valence-corrected chi connectivity index (χ1v) is 8.92. The van der Waals surface area contributed by atoms with Crippen LogP contribution in [0.25, 0.3) is 0 Å². The average Bonchev–Trinajstić information content (AvgIpc) is 2.66. The Bertz CT molecular complexity index is 883. The summed E-state index contributed by atoms with van der Waals surface area (Å²) in [5.41, 5.74) is 1.61. The van der Waals surface area contributed by atoms with E-state index in [-0.39, 0.29) is 24.3 Å². The predicted octanol–water partition coefficient (Wildman–Crippen LogP) is 2.80. The minimum absolute atomic E-state index is 0.0332. The molecule has 0 spiro atoms. The van der Waals surface area contributed by atoms with Crippen LogP contribution in [0.2, 0.25) is 0 Å². The summed E-state index contributed by atoms with van der Waals surface area (Å²) in [5, 5.41) is 10.9. The first kappa shape index (κ1) is 19.2. The molecule has 0 saturated carbocycles. The Kier molecular flexibility index (Phi) is 5.78. The van der Waals surface area contributed by atoms with E-state index < -0.39 is 12.1 Å². The first-order valence-electron chi connectivity index (χ1n) is 8.92. The van der Waals surface area contributed by atoms with Gasteiger partial charge in [-0.2, -0.15) is 0 Å². The maximum Gasteiger partial charge on any atom is 0.319 e. The van der Waals surface area contributed by atoms with Crippen LogP contribution in [0.3, 0.4) is 0 Å². The highest BCUT2D eigenvalue weighted by atomic mass is 16.5. The summed E-state index contributed by atoms with van der Waals surface area (Å²) in [6.07, 6.45) is 0. The highest BCUT2D eigenvalue weighted by molar-refractivity contribution is 6.01. The van der Waals surface area contributed by atoms with E-state index in [1.54, 1.807) is 42.5 Å². The van der Waals surface area contributed by atoms with Gasteiger partial charge in [-0.3, -0.25) is 9.59 Å². The molecule has 0 fully saturated rings. The Morgan fingerprint density at radius 2 is 1.79 bits per heavy atom. The van der Waals surface area contributed by atoms with E-state index in [9.17, 15) is 14.4 Å². The number of amides is 4.